The van der Waals surface area contributed by atoms with Crippen molar-refractivity contribution >= 4 is 21.9 Å². The van der Waals surface area contributed by atoms with E-state index in [9.17, 15) is 4.39 Å². The molecule has 3 heteroatoms. The molecule has 0 amide bonds. The van der Waals surface area contributed by atoms with Gasteiger partial charge in [0.25, 0.3) is 0 Å². The van der Waals surface area contributed by atoms with Gasteiger partial charge in [-0.15, -0.1) is 0 Å². The summed E-state index contributed by atoms with van der Waals surface area (Å²) in [4.78, 5) is 4.60. The van der Waals surface area contributed by atoms with Crippen LogP contribution in [0.5, 0.6) is 0 Å². The van der Waals surface area contributed by atoms with E-state index in [0.717, 1.165) is 44.5 Å². The van der Waals surface area contributed by atoms with Crippen LogP contribution in [-0.4, -0.2) is 4.98 Å². The zero-order valence-corrected chi connectivity index (χ0v) is 20.4. The Kier molecular flexibility index (Phi) is 5.33. The van der Waals surface area contributed by atoms with Crippen molar-refractivity contribution in [3.8, 4) is 44.8 Å². The van der Waals surface area contributed by atoms with E-state index in [0.29, 0.717) is 5.89 Å². The number of para-hydroxylation sites is 2. The molecular weight excluding hydrogens is 469 g/mol. The third-order valence-corrected chi connectivity index (χ3v) is 7.00. The maximum atomic E-state index is 13.2. The van der Waals surface area contributed by atoms with Gasteiger partial charge >= 0.3 is 0 Å². The van der Waals surface area contributed by atoms with Gasteiger partial charge in [-0.25, -0.2) is 9.37 Å². The summed E-state index contributed by atoms with van der Waals surface area (Å²) in [7, 11) is 0. The Labute approximate surface area is 219 Å². The lowest BCUT2D eigenvalue weighted by molar-refractivity contribution is 0.620. The van der Waals surface area contributed by atoms with Crippen molar-refractivity contribution in [2.75, 3.05) is 0 Å². The fourth-order valence-corrected chi connectivity index (χ4v) is 4.90. The number of nitrogens with zero attached hydrogens (tertiary/aromatic N) is 1. The smallest absolute Gasteiger partial charge is 0.227 e. The van der Waals surface area contributed by atoms with E-state index < -0.39 is 0 Å². The molecular formula is C35H22FNO. The molecule has 0 atom stereocenters. The number of benzene rings is 6. The van der Waals surface area contributed by atoms with Crippen LogP contribution in [0.3, 0.4) is 0 Å². The van der Waals surface area contributed by atoms with Crippen LogP contribution in [0.2, 0.25) is 0 Å². The van der Waals surface area contributed by atoms with Gasteiger partial charge in [0.05, 0.1) is 0 Å². The fraction of sp³-hybridized carbons (Fsp3) is 0. The lowest BCUT2D eigenvalue weighted by Crippen LogP contribution is -1.84. The van der Waals surface area contributed by atoms with Crippen LogP contribution in [0.15, 0.2) is 138 Å². The number of hydrogen-bond donors (Lipinski definition) is 0. The number of halogens is 1. The summed E-state index contributed by atoms with van der Waals surface area (Å²) in [5.74, 6) is 0.413. The molecule has 6 aromatic carbocycles. The Morgan fingerprint density at radius 3 is 1.45 bits per heavy atom. The van der Waals surface area contributed by atoms with Gasteiger partial charge in [-0.3, -0.25) is 0 Å². The van der Waals surface area contributed by atoms with E-state index >= 15 is 0 Å². The molecule has 0 saturated carbocycles. The Morgan fingerprint density at radius 2 is 0.895 bits per heavy atom. The maximum absolute atomic E-state index is 13.2. The highest BCUT2D eigenvalue weighted by molar-refractivity contribution is 5.91. The minimum atomic E-state index is -0.221. The van der Waals surface area contributed by atoms with Crippen molar-refractivity contribution < 1.29 is 8.81 Å². The summed E-state index contributed by atoms with van der Waals surface area (Å²) in [6.45, 7) is 0. The van der Waals surface area contributed by atoms with E-state index in [1.54, 1.807) is 12.1 Å². The summed E-state index contributed by atoms with van der Waals surface area (Å²) in [6.07, 6.45) is 0. The average Bonchev–Trinajstić information content (AvgIpc) is 3.42. The molecule has 0 fully saturated rings. The summed E-state index contributed by atoms with van der Waals surface area (Å²) in [5.41, 5.74) is 9.32. The van der Waals surface area contributed by atoms with Crippen LogP contribution < -0.4 is 0 Å². The van der Waals surface area contributed by atoms with Gasteiger partial charge < -0.3 is 4.42 Å². The molecule has 7 aromatic rings. The molecule has 0 radical (unpaired) electrons. The lowest BCUT2D eigenvalue weighted by Gasteiger charge is -2.09. The van der Waals surface area contributed by atoms with Crippen LogP contribution in [0.1, 0.15) is 0 Å². The third kappa shape index (κ3) is 4.14. The summed E-state index contributed by atoms with van der Waals surface area (Å²) in [6, 6.07) is 44.3. The van der Waals surface area contributed by atoms with Crippen LogP contribution in [-0.2, 0) is 0 Å². The predicted molar refractivity (Wildman–Crippen MR) is 153 cm³/mol. The predicted octanol–water partition coefficient (Wildman–Crippen LogP) is 9.79. The highest BCUT2D eigenvalue weighted by Crippen LogP contribution is 2.31. The van der Waals surface area contributed by atoms with E-state index in [1.807, 2.05) is 24.3 Å². The molecule has 7 rings (SSSR count). The second-order valence-electron chi connectivity index (χ2n) is 9.43. The van der Waals surface area contributed by atoms with Crippen LogP contribution in [0.25, 0.3) is 66.7 Å². The summed E-state index contributed by atoms with van der Waals surface area (Å²) < 4.78 is 19.2. The molecule has 0 spiro atoms. The zero-order chi connectivity index (χ0) is 25.5. The van der Waals surface area contributed by atoms with Crippen LogP contribution >= 0.6 is 0 Å². The normalized spacial score (nSPS) is 11.3. The van der Waals surface area contributed by atoms with Crippen molar-refractivity contribution in [2.45, 2.75) is 0 Å². The molecule has 0 aliphatic heterocycles. The standard InChI is InChI=1S/C35H22FNO/c36-32-19-17-24(18-20-32)23-5-7-25(8-6-23)28-13-15-31-22-29(14-16-30(31)21-28)26-9-11-27(12-10-26)35-37-33-3-1-2-4-34(33)38-35/h1-22H. The number of rotatable bonds is 4. The molecule has 180 valence electrons. The van der Waals surface area contributed by atoms with Gasteiger partial charge in [0.15, 0.2) is 5.58 Å². The molecule has 0 bridgehead atoms. The van der Waals surface area contributed by atoms with Gasteiger partial charge in [0, 0.05) is 5.56 Å². The molecule has 0 saturated heterocycles. The maximum Gasteiger partial charge on any atom is 0.227 e. The summed E-state index contributed by atoms with van der Waals surface area (Å²) >= 11 is 0. The SMILES string of the molecule is Fc1ccc(-c2ccc(-c3ccc4cc(-c5ccc(-c6nc7ccccc7o6)cc5)ccc4c3)cc2)cc1. The third-order valence-electron chi connectivity index (χ3n) is 7.00. The van der Waals surface area contributed by atoms with Gasteiger partial charge in [-0.2, -0.15) is 0 Å². The van der Waals surface area contributed by atoms with Gasteiger partial charge in [0.1, 0.15) is 11.3 Å². The first-order valence-corrected chi connectivity index (χ1v) is 12.6. The minimum absolute atomic E-state index is 0.221. The van der Waals surface area contributed by atoms with E-state index in [4.69, 9.17) is 4.42 Å². The molecule has 38 heavy (non-hydrogen) atoms. The quantitative estimate of drug-likeness (QED) is 0.245. The van der Waals surface area contributed by atoms with E-state index in [1.165, 1.54) is 28.5 Å². The van der Waals surface area contributed by atoms with Crippen molar-refractivity contribution in [1.29, 1.82) is 0 Å². The largest absolute Gasteiger partial charge is 0.436 e. The monoisotopic (exact) mass is 491 g/mol. The topological polar surface area (TPSA) is 26.0 Å². The highest BCUT2D eigenvalue weighted by atomic mass is 19.1. The number of fused-ring (bicyclic) bond motifs is 2. The molecule has 0 aliphatic rings. The Balaban J connectivity index is 1.14. The second kappa shape index (κ2) is 9.13. The van der Waals surface area contributed by atoms with Gasteiger partial charge in [-0.1, -0.05) is 84.9 Å². The van der Waals surface area contributed by atoms with E-state index in [-0.39, 0.29) is 5.82 Å². The van der Waals surface area contributed by atoms with Crippen molar-refractivity contribution in [1.82, 2.24) is 4.98 Å². The molecule has 2 nitrogen and oxygen atoms in total. The fourth-order valence-electron chi connectivity index (χ4n) is 4.90. The van der Waals surface area contributed by atoms with Crippen LogP contribution in [0.4, 0.5) is 4.39 Å². The van der Waals surface area contributed by atoms with Gasteiger partial charge in [-0.05, 0) is 92.7 Å². The minimum Gasteiger partial charge on any atom is -0.436 e. The molecule has 0 aliphatic carbocycles. The molecule has 1 aromatic heterocycles. The number of hydrogen-bond acceptors (Lipinski definition) is 2. The van der Waals surface area contributed by atoms with E-state index in [2.05, 4.69) is 89.9 Å². The molecule has 0 unspecified atom stereocenters. The van der Waals surface area contributed by atoms with Crippen LogP contribution in [0, 0.1) is 5.82 Å². The Bertz CT molecular complexity index is 1870. The highest BCUT2D eigenvalue weighted by Gasteiger charge is 2.09. The van der Waals surface area contributed by atoms with Crippen molar-refractivity contribution in [3.63, 3.8) is 0 Å². The molecule has 0 N–H and O–H groups in total. The second-order valence-corrected chi connectivity index (χ2v) is 9.43. The number of oxazole rings is 1. The first-order chi connectivity index (χ1) is 18.7. The Hall–Kier alpha value is -5.02. The van der Waals surface area contributed by atoms with Crippen molar-refractivity contribution in [3.05, 3.63) is 139 Å². The average molecular weight is 492 g/mol. The van der Waals surface area contributed by atoms with Crippen molar-refractivity contribution in [2.24, 2.45) is 0 Å². The first kappa shape index (κ1) is 22.2. The zero-order valence-electron chi connectivity index (χ0n) is 20.4. The number of aromatic nitrogens is 1. The molecule has 1 heterocycles. The summed E-state index contributed by atoms with van der Waals surface area (Å²) in [5, 5.41) is 2.38. The Morgan fingerprint density at radius 1 is 0.447 bits per heavy atom. The first-order valence-electron chi connectivity index (χ1n) is 12.6. The lowest BCUT2D eigenvalue weighted by atomic mass is 9.96. The van der Waals surface area contributed by atoms with Gasteiger partial charge in [0.2, 0.25) is 5.89 Å².